The molecule has 0 nitrogen and oxygen atoms in total. The molecule has 1 rings (SSSR count). The SMILES string of the molecule is C/C=C(\C=C(/C)CC)c1ccccc1. The van der Waals surface area contributed by atoms with Crippen molar-refractivity contribution < 1.29 is 0 Å². The summed E-state index contributed by atoms with van der Waals surface area (Å²) in [7, 11) is 0. The Hall–Kier alpha value is -1.30. The van der Waals surface area contributed by atoms with Crippen LogP contribution in [0.25, 0.3) is 5.57 Å². The summed E-state index contributed by atoms with van der Waals surface area (Å²) in [4.78, 5) is 0. The third kappa shape index (κ3) is 2.88. The first-order valence-electron chi connectivity index (χ1n) is 5.16. The average Bonchev–Trinajstić information content (AvgIpc) is 2.26. The van der Waals surface area contributed by atoms with Gasteiger partial charge in [0.05, 0.1) is 0 Å². The van der Waals surface area contributed by atoms with Crippen LogP contribution in [0.1, 0.15) is 32.8 Å². The summed E-state index contributed by atoms with van der Waals surface area (Å²) in [6.45, 7) is 6.44. The molecule has 14 heavy (non-hydrogen) atoms. The maximum absolute atomic E-state index is 2.26. The standard InChI is InChI=1S/C14H18/c1-4-12(3)11-13(5-2)14-9-7-6-8-10-14/h5-11H,4H2,1-3H3/b12-11+,13-5+. The van der Waals surface area contributed by atoms with Crippen LogP contribution >= 0.6 is 0 Å². The van der Waals surface area contributed by atoms with E-state index in [0.29, 0.717) is 0 Å². The summed E-state index contributed by atoms with van der Waals surface area (Å²) in [6.07, 6.45) is 5.54. The normalized spacial score (nSPS) is 13.1. The Labute approximate surface area is 87.0 Å². The van der Waals surface area contributed by atoms with E-state index in [9.17, 15) is 0 Å². The molecular formula is C14H18. The third-order valence-electron chi connectivity index (χ3n) is 2.38. The van der Waals surface area contributed by atoms with Crippen molar-refractivity contribution in [1.82, 2.24) is 0 Å². The Kier molecular flexibility index (Phi) is 4.18. The molecule has 0 heterocycles. The lowest BCUT2D eigenvalue weighted by atomic mass is 10.0. The second kappa shape index (κ2) is 5.43. The zero-order valence-electron chi connectivity index (χ0n) is 9.25. The van der Waals surface area contributed by atoms with Crippen molar-refractivity contribution in [3.05, 3.63) is 53.6 Å². The first-order chi connectivity index (χ1) is 6.77. The molecule has 0 aliphatic carbocycles. The topological polar surface area (TPSA) is 0 Å². The largest absolute Gasteiger partial charge is 0.0798 e. The van der Waals surface area contributed by atoms with Crippen LogP contribution in [-0.4, -0.2) is 0 Å². The van der Waals surface area contributed by atoms with Crippen LogP contribution in [-0.2, 0) is 0 Å². The van der Waals surface area contributed by atoms with Crippen LogP contribution in [0.4, 0.5) is 0 Å². The lowest BCUT2D eigenvalue weighted by Gasteiger charge is -2.03. The Morgan fingerprint density at radius 3 is 2.36 bits per heavy atom. The fourth-order valence-corrected chi connectivity index (χ4v) is 1.33. The minimum Gasteiger partial charge on any atom is -0.0798 e. The fourth-order valence-electron chi connectivity index (χ4n) is 1.33. The van der Waals surface area contributed by atoms with Gasteiger partial charge in [0.15, 0.2) is 0 Å². The summed E-state index contributed by atoms with van der Waals surface area (Å²) in [5.41, 5.74) is 4.02. The number of rotatable bonds is 3. The van der Waals surface area contributed by atoms with Gasteiger partial charge in [0.25, 0.3) is 0 Å². The Morgan fingerprint density at radius 1 is 1.21 bits per heavy atom. The van der Waals surface area contributed by atoms with Gasteiger partial charge in [0.1, 0.15) is 0 Å². The van der Waals surface area contributed by atoms with Gasteiger partial charge in [-0.05, 0) is 31.4 Å². The smallest absolute Gasteiger partial charge is 0.0187 e. The molecule has 0 N–H and O–H groups in total. The monoisotopic (exact) mass is 186 g/mol. The molecule has 0 saturated heterocycles. The van der Waals surface area contributed by atoms with Crippen LogP contribution in [0, 0.1) is 0 Å². The van der Waals surface area contributed by atoms with Crippen molar-refractivity contribution in [2.24, 2.45) is 0 Å². The highest BCUT2D eigenvalue weighted by molar-refractivity contribution is 5.74. The van der Waals surface area contributed by atoms with Gasteiger partial charge in [-0.1, -0.05) is 55.0 Å². The number of allylic oxidation sites excluding steroid dienone is 4. The second-order valence-electron chi connectivity index (χ2n) is 3.45. The molecule has 1 aromatic rings. The van der Waals surface area contributed by atoms with Crippen molar-refractivity contribution in [3.8, 4) is 0 Å². The van der Waals surface area contributed by atoms with Gasteiger partial charge in [0.2, 0.25) is 0 Å². The van der Waals surface area contributed by atoms with Gasteiger partial charge in [-0.2, -0.15) is 0 Å². The highest BCUT2D eigenvalue weighted by atomic mass is 14.0. The van der Waals surface area contributed by atoms with E-state index in [1.807, 2.05) is 6.07 Å². The Balaban J connectivity index is 2.96. The zero-order valence-corrected chi connectivity index (χ0v) is 9.25. The molecule has 0 fully saturated rings. The first-order valence-corrected chi connectivity index (χ1v) is 5.16. The molecule has 0 aliphatic heterocycles. The Morgan fingerprint density at radius 2 is 1.86 bits per heavy atom. The van der Waals surface area contributed by atoms with Gasteiger partial charge >= 0.3 is 0 Å². The van der Waals surface area contributed by atoms with Crippen LogP contribution in [0.2, 0.25) is 0 Å². The molecule has 0 aromatic heterocycles. The van der Waals surface area contributed by atoms with Crippen LogP contribution < -0.4 is 0 Å². The van der Waals surface area contributed by atoms with E-state index in [2.05, 4.69) is 57.2 Å². The third-order valence-corrected chi connectivity index (χ3v) is 2.38. The average molecular weight is 186 g/mol. The molecule has 0 radical (unpaired) electrons. The highest BCUT2D eigenvalue weighted by Gasteiger charge is 1.95. The minimum atomic E-state index is 1.12. The predicted octanol–water partition coefficient (Wildman–Crippen LogP) is 4.45. The molecule has 74 valence electrons. The fraction of sp³-hybridized carbons (Fsp3) is 0.286. The van der Waals surface area contributed by atoms with E-state index in [4.69, 9.17) is 0 Å². The molecule has 0 atom stereocenters. The molecular weight excluding hydrogens is 168 g/mol. The van der Waals surface area contributed by atoms with E-state index >= 15 is 0 Å². The van der Waals surface area contributed by atoms with Crippen molar-refractivity contribution >= 4 is 5.57 Å². The summed E-state index contributed by atoms with van der Waals surface area (Å²) in [5.74, 6) is 0. The number of hydrogen-bond acceptors (Lipinski definition) is 0. The van der Waals surface area contributed by atoms with E-state index in [0.717, 1.165) is 6.42 Å². The second-order valence-corrected chi connectivity index (χ2v) is 3.45. The van der Waals surface area contributed by atoms with Gasteiger partial charge in [0, 0.05) is 0 Å². The highest BCUT2D eigenvalue weighted by Crippen LogP contribution is 2.17. The lowest BCUT2D eigenvalue weighted by molar-refractivity contribution is 1.10. The predicted molar refractivity (Wildman–Crippen MR) is 64.1 cm³/mol. The lowest BCUT2D eigenvalue weighted by Crippen LogP contribution is -1.81. The number of benzene rings is 1. The minimum absolute atomic E-state index is 1.12. The van der Waals surface area contributed by atoms with E-state index in [-0.39, 0.29) is 0 Å². The zero-order chi connectivity index (χ0) is 10.4. The number of hydrogen-bond donors (Lipinski definition) is 0. The maximum Gasteiger partial charge on any atom is -0.0187 e. The van der Waals surface area contributed by atoms with E-state index in [1.165, 1.54) is 16.7 Å². The molecule has 0 bridgehead atoms. The molecule has 0 spiro atoms. The Bertz CT molecular complexity index is 328. The quantitative estimate of drug-likeness (QED) is 0.612. The molecule has 0 aliphatic rings. The van der Waals surface area contributed by atoms with Crippen molar-refractivity contribution in [1.29, 1.82) is 0 Å². The van der Waals surface area contributed by atoms with Crippen molar-refractivity contribution in [3.63, 3.8) is 0 Å². The first kappa shape index (κ1) is 10.8. The molecule has 0 heteroatoms. The van der Waals surface area contributed by atoms with Gasteiger partial charge in [-0.15, -0.1) is 0 Å². The molecule has 0 saturated carbocycles. The van der Waals surface area contributed by atoms with Gasteiger partial charge < -0.3 is 0 Å². The van der Waals surface area contributed by atoms with Gasteiger partial charge in [-0.25, -0.2) is 0 Å². The summed E-state index contributed by atoms with van der Waals surface area (Å²) >= 11 is 0. The van der Waals surface area contributed by atoms with Crippen LogP contribution in [0.3, 0.4) is 0 Å². The molecule has 0 amide bonds. The molecule has 0 unspecified atom stereocenters. The van der Waals surface area contributed by atoms with Gasteiger partial charge in [-0.3, -0.25) is 0 Å². The summed E-state index contributed by atoms with van der Waals surface area (Å²) in [5, 5.41) is 0. The van der Waals surface area contributed by atoms with Crippen molar-refractivity contribution in [2.45, 2.75) is 27.2 Å². The maximum atomic E-state index is 2.26. The van der Waals surface area contributed by atoms with Crippen molar-refractivity contribution in [2.75, 3.05) is 0 Å². The van der Waals surface area contributed by atoms with Crippen LogP contribution in [0.15, 0.2) is 48.1 Å². The summed E-state index contributed by atoms with van der Waals surface area (Å²) < 4.78 is 0. The van der Waals surface area contributed by atoms with Crippen LogP contribution in [0.5, 0.6) is 0 Å². The van der Waals surface area contributed by atoms with E-state index < -0.39 is 0 Å². The van der Waals surface area contributed by atoms with E-state index in [1.54, 1.807) is 0 Å². The summed E-state index contributed by atoms with van der Waals surface area (Å²) in [6, 6.07) is 10.5. The molecule has 1 aromatic carbocycles.